The number of fused-ring (bicyclic) bond motifs is 1. The van der Waals surface area contributed by atoms with Crippen molar-refractivity contribution in [1.29, 1.82) is 0 Å². The first-order valence-electron chi connectivity index (χ1n) is 9.26. The third-order valence-electron chi connectivity index (χ3n) is 5.17. The molecule has 0 saturated carbocycles. The van der Waals surface area contributed by atoms with Crippen molar-refractivity contribution >= 4 is 11.8 Å². The quantitative estimate of drug-likeness (QED) is 0.798. The highest BCUT2D eigenvalue weighted by Gasteiger charge is 2.54. The van der Waals surface area contributed by atoms with Gasteiger partial charge in [0, 0.05) is 31.1 Å². The third kappa shape index (κ3) is 3.85. The van der Waals surface area contributed by atoms with E-state index in [1.54, 1.807) is 9.80 Å². The van der Waals surface area contributed by atoms with Crippen molar-refractivity contribution in [3.05, 3.63) is 35.4 Å². The lowest BCUT2D eigenvalue weighted by atomic mass is 9.73. The Bertz CT molecular complexity index is 763. The lowest BCUT2D eigenvalue weighted by molar-refractivity contribution is -0.168. The maximum absolute atomic E-state index is 12.5. The van der Waals surface area contributed by atoms with Gasteiger partial charge in [-0.3, -0.25) is 9.59 Å². The number of carbonyl (C=O) groups is 2. The van der Waals surface area contributed by atoms with E-state index in [1.807, 2.05) is 38.1 Å². The maximum Gasteiger partial charge on any atom is 0.249 e. The van der Waals surface area contributed by atoms with Crippen LogP contribution in [0.2, 0.25) is 0 Å². The summed E-state index contributed by atoms with van der Waals surface area (Å²) in [5.41, 5.74) is 2.00. The molecule has 2 aliphatic heterocycles. The van der Waals surface area contributed by atoms with Crippen LogP contribution in [-0.4, -0.2) is 72.2 Å². The SMILES string of the molecule is COCC(=O)N1CC(=O)N2[C@@H](CO)[C@H](c3ccc(C#CC(C)C)cc3)[C@@H]2C1. The number of aliphatic hydroxyl groups is 1. The van der Waals surface area contributed by atoms with Crippen LogP contribution < -0.4 is 0 Å². The maximum atomic E-state index is 12.5. The minimum Gasteiger partial charge on any atom is -0.394 e. The van der Waals surface area contributed by atoms with Crippen LogP contribution in [0.3, 0.4) is 0 Å². The van der Waals surface area contributed by atoms with Gasteiger partial charge in [0.25, 0.3) is 0 Å². The molecule has 2 fully saturated rings. The molecule has 1 aromatic carbocycles. The molecule has 2 amide bonds. The monoisotopic (exact) mass is 370 g/mol. The first kappa shape index (κ1) is 19.4. The summed E-state index contributed by atoms with van der Waals surface area (Å²) in [6, 6.07) is 7.61. The Kier molecular flexibility index (Phi) is 5.83. The zero-order valence-corrected chi connectivity index (χ0v) is 16.0. The number of methoxy groups -OCH3 is 1. The molecule has 6 heteroatoms. The van der Waals surface area contributed by atoms with Gasteiger partial charge in [0.15, 0.2) is 0 Å². The van der Waals surface area contributed by atoms with Crippen LogP contribution in [-0.2, 0) is 14.3 Å². The van der Waals surface area contributed by atoms with E-state index in [-0.39, 0.29) is 49.6 Å². The molecule has 3 atom stereocenters. The molecule has 6 nitrogen and oxygen atoms in total. The summed E-state index contributed by atoms with van der Waals surface area (Å²) in [6.07, 6.45) is 0. The zero-order chi connectivity index (χ0) is 19.6. The summed E-state index contributed by atoms with van der Waals surface area (Å²) in [4.78, 5) is 27.9. The number of hydrogen-bond acceptors (Lipinski definition) is 4. The summed E-state index contributed by atoms with van der Waals surface area (Å²) in [5.74, 6) is 6.29. The number of carbonyl (C=O) groups excluding carboxylic acids is 2. The Labute approximate surface area is 160 Å². The first-order chi connectivity index (χ1) is 13.0. The number of piperazine rings is 1. The van der Waals surface area contributed by atoms with Gasteiger partial charge in [0.2, 0.25) is 11.8 Å². The average molecular weight is 370 g/mol. The molecule has 3 rings (SSSR count). The largest absolute Gasteiger partial charge is 0.394 e. The summed E-state index contributed by atoms with van der Waals surface area (Å²) >= 11 is 0. The lowest BCUT2D eigenvalue weighted by Gasteiger charge is -2.58. The Morgan fingerprint density at radius 1 is 1.33 bits per heavy atom. The second-order valence-electron chi connectivity index (χ2n) is 7.40. The van der Waals surface area contributed by atoms with E-state index in [4.69, 9.17) is 4.74 Å². The second-order valence-corrected chi connectivity index (χ2v) is 7.40. The molecule has 2 saturated heterocycles. The fourth-order valence-electron chi connectivity index (χ4n) is 3.92. The predicted octanol–water partition coefficient (Wildman–Crippen LogP) is 0.838. The topological polar surface area (TPSA) is 70.1 Å². The van der Waals surface area contributed by atoms with E-state index >= 15 is 0 Å². The van der Waals surface area contributed by atoms with Gasteiger partial charge in [-0.15, -0.1) is 0 Å². The van der Waals surface area contributed by atoms with Gasteiger partial charge in [-0.25, -0.2) is 0 Å². The van der Waals surface area contributed by atoms with Crippen molar-refractivity contribution in [2.24, 2.45) is 5.92 Å². The normalized spacial score (nSPS) is 24.2. The number of ether oxygens (including phenoxy) is 1. The molecule has 144 valence electrons. The van der Waals surface area contributed by atoms with Crippen molar-refractivity contribution in [2.45, 2.75) is 31.8 Å². The Morgan fingerprint density at radius 2 is 2.04 bits per heavy atom. The highest BCUT2D eigenvalue weighted by molar-refractivity contribution is 5.88. The molecular weight excluding hydrogens is 344 g/mol. The Morgan fingerprint density at radius 3 is 2.63 bits per heavy atom. The van der Waals surface area contributed by atoms with Crippen molar-refractivity contribution < 1.29 is 19.4 Å². The number of aliphatic hydroxyl groups excluding tert-OH is 1. The van der Waals surface area contributed by atoms with Crippen molar-refractivity contribution in [3.8, 4) is 11.8 Å². The highest BCUT2D eigenvalue weighted by Crippen LogP contribution is 2.42. The number of nitrogens with zero attached hydrogens (tertiary/aromatic N) is 2. The highest BCUT2D eigenvalue weighted by atomic mass is 16.5. The minimum absolute atomic E-state index is 0.00389. The van der Waals surface area contributed by atoms with Crippen LogP contribution in [0.25, 0.3) is 0 Å². The summed E-state index contributed by atoms with van der Waals surface area (Å²) in [6.45, 7) is 4.49. The van der Waals surface area contributed by atoms with Gasteiger partial charge in [0.1, 0.15) is 6.61 Å². The van der Waals surface area contributed by atoms with Gasteiger partial charge >= 0.3 is 0 Å². The van der Waals surface area contributed by atoms with Crippen LogP contribution in [0.4, 0.5) is 0 Å². The summed E-state index contributed by atoms with van der Waals surface area (Å²) in [5, 5.41) is 9.82. The Hall–Kier alpha value is -2.36. The number of rotatable bonds is 4. The standard InChI is InChI=1S/C21H26N2O4/c1-14(2)4-5-15-6-8-16(9-7-15)21-17-10-22(20(26)13-27-3)11-19(25)23(17)18(21)12-24/h6-9,14,17-18,21,24H,10-13H2,1-3H3/t17-,18-,21+/m0/s1. The number of amides is 2. The van der Waals surface area contributed by atoms with Crippen LogP contribution in [0.1, 0.15) is 30.9 Å². The molecule has 2 heterocycles. The van der Waals surface area contributed by atoms with E-state index in [0.29, 0.717) is 12.5 Å². The van der Waals surface area contributed by atoms with Crippen molar-refractivity contribution in [3.63, 3.8) is 0 Å². The molecule has 0 unspecified atom stereocenters. The second kappa shape index (κ2) is 8.12. The van der Waals surface area contributed by atoms with Gasteiger partial charge in [-0.2, -0.15) is 0 Å². The van der Waals surface area contributed by atoms with E-state index in [2.05, 4.69) is 11.8 Å². The summed E-state index contributed by atoms with van der Waals surface area (Å²) in [7, 11) is 1.47. The molecule has 0 spiro atoms. The molecule has 27 heavy (non-hydrogen) atoms. The van der Waals surface area contributed by atoms with Crippen LogP contribution in [0.5, 0.6) is 0 Å². The lowest BCUT2D eigenvalue weighted by Crippen LogP contribution is -2.73. The molecular formula is C21H26N2O4. The van der Waals surface area contributed by atoms with Crippen molar-refractivity contribution in [2.75, 3.05) is 33.4 Å². The van der Waals surface area contributed by atoms with Crippen LogP contribution in [0, 0.1) is 17.8 Å². The van der Waals surface area contributed by atoms with Crippen LogP contribution in [0.15, 0.2) is 24.3 Å². The fraction of sp³-hybridized carbons (Fsp3) is 0.524. The third-order valence-corrected chi connectivity index (χ3v) is 5.17. The van der Waals surface area contributed by atoms with E-state index < -0.39 is 0 Å². The van der Waals surface area contributed by atoms with Gasteiger partial charge in [0.05, 0.1) is 25.2 Å². The number of benzene rings is 1. The molecule has 2 aliphatic rings. The molecule has 1 aromatic rings. The Balaban J connectivity index is 1.79. The summed E-state index contributed by atoms with van der Waals surface area (Å²) < 4.78 is 4.91. The van der Waals surface area contributed by atoms with E-state index in [1.165, 1.54) is 7.11 Å². The molecule has 1 N–H and O–H groups in total. The zero-order valence-electron chi connectivity index (χ0n) is 16.0. The molecule has 0 aromatic heterocycles. The molecule has 0 bridgehead atoms. The molecule has 0 aliphatic carbocycles. The average Bonchev–Trinajstić information content (AvgIpc) is 2.62. The molecule has 0 radical (unpaired) electrons. The predicted molar refractivity (Wildman–Crippen MR) is 101 cm³/mol. The van der Waals surface area contributed by atoms with E-state index in [0.717, 1.165) is 11.1 Å². The first-order valence-corrected chi connectivity index (χ1v) is 9.26. The minimum atomic E-state index is -0.241. The van der Waals surface area contributed by atoms with Gasteiger partial charge in [-0.1, -0.05) is 37.8 Å². The van der Waals surface area contributed by atoms with Gasteiger partial charge in [-0.05, 0) is 17.7 Å². The van der Waals surface area contributed by atoms with E-state index in [9.17, 15) is 14.7 Å². The van der Waals surface area contributed by atoms with Crippen molar-refractivity contribution in [1.82, 2.24) is 9.80 Å². The van der Waals surface area contributed by atoms with Crippen LogP contribution >= 0.6 is 0 Å². The fourth-order valence-corrected chi connectivity index (χ4v) is 3.92. The number of hydrogen-bond donors (Lipinski definition) is 1. The van der Waals surface area contributed by atoms with Gasteiger partial charge < -0.3 is 19.6 Å². The smallest absolute Gasteiger partial charge is 0.249 e.